The van der Waals surface area contributed by atoms with Gasteiger partial charge in [0.25, 0.3) is 0 Å². The fourth-order valence-corrected chi connectivity index (χ4v) is 10.3. The van der Waals surface area contributed by atoms with Gasteiger partial charge in [0.1, 0.15) is 0 Å². The van der Waals surface area contributed by atoms with E-state index in [9.17, 15) is 0 Å². The minimum absolute atomic E-state index is 1.07. The van der Waals surface area contributed by atoms with Crippen LogP contribution in [0, 0.1) is 0 Å². The molecule has 9 aromatic carbocycles. The van der Waals surface area contributed by atoms with Gasteiger partial charge in [-0.25, -0.2) is 0 Å². The summed E-state index contributed by atoms with van der Waals surface area (Å²) in [5, 5.41) is 10.2. The lowest BCUT2D eigenvalue weighted by Gasteiger charge is -2.25. The summed E-state index contributed by atoms with van der Waals surface area (Å²) >= 11 is 1.85. The molecule has 0 radical (unpaired) electrons. The second kappa shape index (κ2) is 13.6. The molecule has 4 heteroatoms. The molecule has 276 valence electrons. The fourth-order valence-electron chi connectivity index (χ4n) is 9.19. The summed E-state index contributed by atoms with van der Waals surface area (Å²) in [6.45, 7) is 0. The maximum Gasteiger partial charge on any atom is 0.0645 e. The van der Waals surface area contributed by atoms with Gasteiger partial charge in [-0.15, -0.1) is 11.3 Å². The summed E-state index contributed by atoms with van der Waals surface area (Å²) in [5.41, 5.74) is 11.7. The van der Waals surface area contributed by atoms with Crippen molar-refractivity contribution in [2.45, 2.75) is 0 Å². The molecule has 0 N–H and O–H groups in total. The van der Waals surface area contributed by atoms with Crippen molar-refractivity contribution in [2.75, 3.05) is 4.90 Å². The van der Waals surface area contributed by atoms with Crippen molar-refractivity contribution in [2.24, 2.45) is 0 Å². The standard InChI is InChI=1S/C55H35N3S/c1-2-11-39(12-3-1)57(41-27-30-48-47-16-6-7-18-52(47)59-53(48)34-41)40-25-20-36(21-26-40)19-22-37-23-28-45(44-15-5-4-14-43(37)44)46-31-32-51-55-49(46)29-24-38-10-8-17-50(54(38)55)58(51)42-13-9-33-56-35-42/h1-35H/b22-19+. The lowest BCUT2D eigenvalue weighted by molar-refractivity contribution is 1.14. The van der Waals surface area contributed by atoms with E-state index in [2.05, 4.69) is 209 Å². The number of anilines is 3. The van der Waals surface area contributed by atoms with Gasteiger partial charge in [-0.3, -0.25) is 4.98 Å². The lowest BCUT2D eigenvalue weighted by Crippen LogP contribution is -2.09. The second-order valence-corrected chi connectivity index (χ2v) is 16.2. The van der Waals surface area contributed by atoms with Crippen molar-refractivity contribution in [3.05, 3.63) is 212 Å². The van der Waals surface area contributed by atoms with Gasteiger partial charge < -0.3 is 9.47 Å². The number of pyridine rings is 1. The van der Waals surface area contributed by atoms with Crippen LogP contribution in [0.5, 0.6) is 0 Å². The SMILES string of the molecule is C(=C\c1ccc(-c2ccc3c4c2ccc2cccc(c24)n3-c2cccnc2)c2ccccc12)/c1ccc(N(c2ccccc2)c2ccc3c(c2)sc2ccccc23)cc1. The quantitative estimate of drug-likeness (QED) is 0.119. The molecule has 0 saturated heterocycles. The average Bonchev–Trinajstić information content (AvgIpc) is 3.85. The van der Waals surface area contributed by atoms with Crippen molar-refractivity contribution >= 4 is 104 Å². The monoisotopic (exact) mass is 769 g/mol. The van der Waals surface area contributed by atoms with Crippen molar-refractivity contribution < 1.29 is 0 Å². The molecular weight excluding hydrogens is 735 g/mol. The normalized spacial score (nSPS) is 12.0. The molecule has 3 aromatic heterocycles. The Bertz CT molecular complexity index is 3540. The Hall–Kier alpha value is -7.53. The molecule has 0 aliphatic rings. The summed E-state index contributed by atoms with van der Waals surface area (Å²) in [5.74, 6) is 0. The first kappa shape index (κ1) is 33.6. The van der Waals surface area contributed by atoms with Crippen molar-refractivity contribution in [3.63, 3.8) is 0 Å². The van der Waals surface area contributed by atoms with Crippen LogP contribution in [0.2, 0.25) is 0 Å². The molecule has 0 aliphatic carbocycles. The average molecular weight is 770 g/mol. The molecule has 0 amide bonds. The van der Waals surface area contributed by atoms with Crippen LogP contribution >= 0.6 is 11.3 Å². The predicted octanol–water partition coefficient (Wildman–Crippen LogP) is 15.6. The van der Waals surface area contributed by atoms with Crippen LogP contribution in [0.3, 0.4) is 0 Å². The fraction of sp³-hybridized carbons (Fsp3) is 0. The largest absolute Gasteiger partial charge is 0.310 e. The molecule has 0 saturated carbocycles. The lowest BCUT2D eigenvalue weighted by atomic mass is 9.90. The molecular formula is C55H35N3S. The molecule has 0 aliphatic heterocycles. The van der Waals surface area contributed by atoms with Crippen LogP contribution in [-0.2, 0) is 0 Å². The summed E-state index contributed by atoms with van der Waals surface area (Å²) in [6, 6.07) is 68.4. The van der Waals surface area contributed by atoms with Gasteiger partial charge in [0, 0.05) is 54.2 Å². The Morgan fingerprint density at radius 1 is 0.458 bits per heavy atom. The van der Waals surface area contributed by atoms with E-state index in [0.29, 0.717) is 0 Å². The third-order valence-corrected chi connectivity index (χ3v) is 13.0. The third kappa shape index (κ3) is 5.45. The molecule has 0 spiro atoms. The van der Waals surface area contributed by atoms with Gasteiger partial charge in [-0.2, -0.15) is 0 Å². The van der Waals surface area contributed by atoms with E-state index in [1.165, 1.54) is 80.2 Å². The molecule has 12 rings (SSSR count). The highest BCUT2D eigenvalue weighted by molar-refractivity contribution is 7.25. The van der Waals surface area contributed by atoms with Crippen LogP contribution in [0.4, 0.5) is 17.1 Å². The van der Waals surface area contributed by atoms with Crippen LogP contribution in [0.1, 0.15) is 11.1 Å². The van der Waals surface area contributed by atoms with Crippen molar-refractivity contribution in [1.29, 1.82) is 0 Å². The summed E-state index contributed by atoms with van der Waals surface area (Å²) in [6.07, 6.45) is 8.27. The Labute approximate surface area is 345 Å². The van der Waals surface area contributed by atoms with Crippen LogP contribution in [0.15, 0.2) is 200 Å². The number of hydrogen-bond donors (Lipinski definition) is 0. The minimum atomic E-state index is 1.07. The minimum Gasteiger partial charge on any atom is -0.310 e. The number of nitrogens with zero attached hydrogens (tertiary/aromatic N) is 3. The number of thiophene rings is 1. The molecule has 0 fully saturated rings. The van der Waals surface area contributed by atoms with Gasteiger partial charge in [-0.1, -0.05) is 133 Å². The Morgan fingerprint density at radius 2 is 1.17 bits per heavy atom. The van der Waals surface area contributed by atoms with Gasteiger partial charge in [0.15, 0.2) is 0 Å². The maximum atomic E-state index is 4.46. The second-order valence-electron chi connectivity index (χ2n) is 15.2. The number of benzene rings is 9. The highest BCUT2D eigenvalue weighted by atomic mass is 32.1. The molecule has 0 bridgehead atoms. The number of hydrogen-bond acceptors (Lipinski definition) is 3. The first-order valence-electron chi connectivity index (χ1n) is 20.0. The maximum absolute atomic E-state index is 4.46. The Kier molecular flexibility index (Phi) is 7.72. The zero-order valence-corrected chi connectivity index (χ0v) is 32.8. The van der Waals surface area contributed by atoms with Gasteiger partial charge in [0.05, 0.1) is 22.9 Å². The van der Waals surface area contributed by atoms with E-state index in [1.54, 1.807) is 0 Å². The summed E-state index contributed by atoms with van der Waals surface area (Å²) < 4.78 is 4.96. The van der Waals surface area contributed by atoms with E-state index < -0.39 is 0 Å². The molecule has 3 heterocycles. The zero-order chi connectivity index (χ0) is 38.9. The molecule has 0 atom stereocenters. The summed E-state index contributed by atoms with van der Waals surface area (Å²) in [4.78, 5) is 6.81. The first-order valence-corrected chi connectivity index (χ1v) is 20.8. The highest BCUT2D eigenvalue weighted by Crippen LogP contribution is 2.45. The number of fused-ring (bicyclic) bond motifs is 4. The van der Waals surface area contributed by atoms with Crippen LogP contribution < -0.4 is 4.90 Å². The highest BCUT2D eigenvalue weighted by Gasteiger charge is 2.20. The molecule has 0 unspecified atom stereocenters. The van der Waals surface area contributed by atoms with Gasteiger partial charge in [0.2, 0.25) is 0 Å². The first-order chi connectivity index (χ1) is 29.3. The number of aromatic nitrogens is 2. The van der Waals surface area contributed by atoms with Crippen molar-refractivity contribution in [1.82, 2.24) is 9.55 Å². The van der Waals surface area contributed by atoms with Crippen LogP contribution in [0.25, 0.3) is 92.5 Å². The van der Waals surface area contributed by atoms with E-state index in [-0.39, 0.29) is 0 Å². The van der Waals surface area contributed by atoms with Gasteiger partial charge in [-0.05, 0) is 111 Å². The summed E-state index contributed by atoms with van der Waals surface area (Å²) in [7, 11) is 0. The topological polar surface area (TPSA) is 21.1 Å². The van der Waals surface area contributed by atoms with Gasteiger partial charge >= 0.3 is 0 Å². The molecule has 59 heavy (non-hydrogen) atoms. The van der Waals surface area contributed by atoms with Crippen LogP contribution in [-0.4, -0.2) is 9.55 Å². The molecule has 3 nitrogen and oxygen atoms in total. The Balaban J connectivity index is 0.908. The van der Waals surface area contributed by atoms with Crippen molar-refractivity contribution in [3.8, 4) is 16.8 Å². The smallest absolute Gasteiger partial charge is 0.0645 e. The van der Waals surface area contributed by atoms with E-state index in [1.807, 2.05) is 29.8 Å². The Morgan fingerprint density at radius 3 is 2.03 bits per heavy atom. The van der Waals surface area contributed by atoms with E-state index >= 15 is 0 Å². The zero-order valence-electron chi connectivity index (χ0n) is 32.0. The third-order valence-electron chi connectivity index (χ3n) is 11.9. The molecule has 12 aromatic rings. The van der Waals surface area contributed by atoms with E-state index in [0.717, 1.165) is 28.3 Å². The van der Waals surface area contributed by atoms with E-state index in [4.69, 9.17) is 0 Å². The number of para-hydroxylation sites is 1. The predicted molar refractivity (Wildman–Crippen MR) is 253 cm³/mol. The number of rotatable bonds is 7.